The van der Waals surface area contributed by atoms with Gasteiger partial charge in [0.15, 0.2) is 0 Å². The highest BCUT2D eigenvalue weighted by Crippen LogP contribution is 2.39. The maximum atomic E-state index is 10.9. The molecule has 5 nitrogen and oxygen atoms in total. The van der Waals surface area contributed by atoms with Crippen LogP contribution in [-0.4, -0.2) is 20.0 Å². The van der Waals surface area contributed by atoms with Gasteiger partial charge in [-0.25, -0.2) is 0 Å². The van der Waals surface area contributed by atoms with Crippen molar-refractivity contribution in [2.45, 2.75) is 19.4 Å². The molecule has 0 atom stereocenters. The van der Waals surface area contributed by atoms with Gasteiger partial charge < -0.3 is 15.9 Å². The van der Waals surface area contributed by atoms with Crippen LogP contribution in [0.25, 0.3) is 11.1 Å². The number of nitrogens with two attached hydrogens (primary N) is 1. The molecule has 0 unspecified atom stereocenters. The van der Waals surface area contributed by atoms with Crippen LogP contribution in [0.15, 0.2) is 68.0 Å². The van der Waals surface area contributed by atoms with Gasteiger partial charge in [-0.3, -0.25) is 4.68 Å². The summed E-state index contributed by atoms with van der Waals surface area (Å²) in [6.45, 7) is 7.92. The number of nitrogen functional groups attached to an aromatic ring is 1. The fourth-order valence-electron chi connectivity index (χ4n) is 3.10. The summed E-state index contributed by atoms with van der Waals surface area (Å²) < 4.78 is 1.67. The Kier molecular flexibility index (Phi) is 5.31. The van der Waals surface area contributed by atoms with Crippen molar-refractivity contribution < 1.29 is 10.2 Å². The van der Waals surface area contributed by atoms with Crippen LogP contribution in [0, 0.1) is 0 Å². The third-order valence-corrected chi connectivity index (χ3v) is 4.35. The molecule has 27 heavy (non-hydrogen) atoms. The monoisotopic (exact) mass is 361 g/mol. The van der Waals surface area contributed by atoms with Crippen LogP contribution in [0.3, 0.4) is 0 Å². The Bertz CT molecular complexity index is 989. The van der Waals surface area contributed by atoms with Gasteiger partial charge in [-0.2, -0.15) is 5.10 Å². The molecule has 0 aliphatic heterocycles. The van der Waals surface area contributed by atoms with E-state index in [2.05, 4.69) is 18.3 Å². The lowest BCUT2D eigenvalue weighted by molar-refractivity contribution is 0.461. The zero-order valence-electron chi connectivity index (χ0n) is 15.1. The number of benzene rings is 2. The van der Waals surface area contributed by atoms with Crippen molar-refractivity contribution in [2.75, 3.05) is 5.73 Å². The van der Waals surface area contributed by atoms with E-state index in [9.17, 15) is 10.2 Å². The fourth-order valence-corrected chi connectivity index (χ4v) is 3.10. The molecule has 3 rings (SSSR count). The average molecular weight is 361 g/mol. The molecular weight excluding hydrogens is 338 g/mol. The summed E-state index contributed by atoms with van der Waals surface area (Å²) in [5, 5.41) is 25.5. The van der Waals surface area contributed by atoms with E-state index in [4.69, 9.17) is 5.73 Å². The summed E-state index contributed by atoms with van der Waals surface area (Å²) in [5.74, 6) is 0.228. The summed E-state index contributed by atoms with van der Waals surface area (Å²) in [5.41, 5.74) is 10.1. The van der Waals surface area contributed by atoms with E-state index in [1.807, 2.05) is 24.3 Å². The molecule has 0 amide bonds. The maximum Gasteiger partial charge on any atom is 0.128 e. The number of aromatic nitrogens is 2. The number of hydrogen-bond acceptors (Lipinski definition) is 4. The van der Waals surface area contributed by atoms with E-state index in [1.165, 1.54) is 0 Å². The molecule has 0 saturated carbocycles. The van der Waals surface area contributed by atoms with E-state index in [1.54, 1.807) is 35.3 Å². The molecule has 1 aromatic heterocycles. The van der Waals surface area contributed by atoms with Gasteiger partial charge in [0, 0.05) is 22.9 Å². The first kappa shape index (κ1) is 18.3. The van der Waals surface area contributed by atoms with Gasteiger partial charge in [-0.05, 0) is 48.2 Å². The summed E-state index contributed by atoms with van der Waals surface area (Å²) >= 11 is 0. The number of phenols is 2. The number of aromatic hydroxyl groups is 2. The Morgan fingerprint density at radius 2 is 1.70 bits per heavy atom. The van der Waals surface area contributed by atoms with Crippen LogP contribution in [0.1, 0.15) is 16.7 Å². The summed E-state index contributed by atoms with van der Waals surface area (Å²) in [6.07, 6.45) is 8.21. The molecule has 0 aliphatic rings. The average Bonchev–Trinajstić information content (AvgIpc) is 3.05. The standard InChI is InChI=1S/C22H23N3O2/c1-3-5-15-7-8-21(26)19(10-15)20-11-16(6-4-2)9-17(22(20)27)13-25-14-18(23)12-24-25/h3-4,7-12,14,26-27H,1-2,5-6,13,23H2. The van der Waals surface area contributed by atoms with Crippen LogP contribution in [0.5, 0.6) is 11.5 Å². The minimum absolute atomic E-state index is 0.114. The van der Waals surface area contributed by atoms with Gasteiger partial charge in [0.1, 0.15) is 11.5 Å². The molecule has 0 saturated heterocycles. The lowest BCUT2D eigenvalue weighted by atomic mass is 9.94. The van der Waals surface area contributed by atoms with Gasteiger partial charge >= 0.3 is 0 Å². The highest BCUT2D eigenvalue weighted by Gasteiger charge is 2.16. The summed E-state index contributed by atoms with van der Waals surface area (Å²) in [6, 6.07) is 9.16. The summed E-state index contributed by atoms with van der Waals surface area (Å²) in [7, 11) is 0. The zero-order valence-corrected chi connectivity index (χ0v) is 15.1. The van der Waals surface area contributed by atoms with Crippen LogP contribution >= 0.6 is 0 Å². The fraction of sp³-hybridized carbons (Fsp3) is 0.136. The van der Waals surface area contributed by atoms with Crippen molar-refractivity contribution in [1.82, 2.24) is 9.78 Å². The van der Waals surface area contributed by atoms with E-state index in [0.29, 0.717) is 41.8 Å². The Morgan fingerprint density at radius 3 is 2.37 bits per heavy atom. The van der Waals surface area contributed by atoms with Crippen LogP contribution < -0.4 is 5.73 Å². The van der Waals surface area contributed by atoms with Crippen LogP contribution in [0.4, 0.5) is 5.69 Å². The Morgan fingerprint density at radius 1 is 1.00 bits per heavy atom. The molecule has 1 heterocycles. The Balaban J connectivity index is 2.12. The lowest BCUT2D eigenvalue weighted by Crippen LogP contribution is -2.02. The molecule has 0 spiro atoms. The predicted octanol–water partition coefficient (Wildman–Crippen LogP) is 4.05. The lowest BCUT2D eigenvalue weighted by Gasteiger charge is -2.15. The highest BCUT2D eigenvalue weighted by molar-refractivity contribution is 5.78. The molecule has 3 aromatic rings. The van der Waals surface area contributed by atoms with Crippen LogP contribution in [0.2, 0.25) is 0 Å². The highest BCUT2D eigenvalue weighted by atomic mass is 16.3. The van der Waals surface area contributed by atoms with Crippen molar-refractivity contribution in [3.8, 4) is 22.6 Å². The number of hydrogen-bond donors (Lipinski definition) is 3. The van der Waals surface area contributed by atoms with Crippen molar-refractivity contribution in [2.24, 2.45) is 0 Å². The van der Waals surface area contributed by atoms with E-state index in [0.717, 1.165) is 11.1 Å². The van der Waals surface area contributed by atoms with Gasteiger partial charge in [0.2, 0.25) is 0 Å². The number of phenolic OH excluding ortho intramolecular Hbond substituents is 2. The van der Waals surface area contributed by atoms with Crippen molar-refractivity contribution in [3.05, 3.63) is 84.7 Å². The maximum absolute atomic E-state index is 10.9. The first-order chi connectivity index (χ1) is 13.0. The van der Waals surface area contributed by atoms with Crippen molar-refractivity contribution in [1.29, 1.82) is 0 Å². The van der Waals surface area contributed by atoms with Gasteiger partial charge in [-0.1, -0.05) is 18.2 Å². The topological polar surface area (TPSA) is 84.3 Å². The molecule has 0 aliphatic carbocycles. The zero-order chi connectivity index (χ0) is 19.4. The SMILES string of the molecule is C=CCc1ccc(O)c(-c2cc(CC=C)cc(Cn3cc(N)cn3)c2O)c1. The number of anilines is 1. The smallest absolute Gasteiger partial charge is 0.128 e. The first-order valence-electron chi connectivity index (χ1n) is 8.68. The van der Waals surface area contributed by atoms with E-state index < -0.39 is 0 Å². The number of rotatable bonds is 7. The second-order valence-corrected chi connectivity index (χ2v) is 6.46. The van der Waals surface area contributed by atoms with E-state index in [-0.39, 0.29) is 11.5 Å². The van der Waals surface area contributed by atoms with Gasteiger partial charge in [0.05, 0.1) is 18.4 Å². The first-order valence-corrected chi connectivity index (χ1v) is 8.68. The van der Waals surface area contributed by atoms with Gasteiger partial charge in [-0.15, -0.1) is 13.2 Å². The minimum Gasteiger partial charge on any atom is -0.507 e. The predicted molar refractivity (Wildman–Crippen MR) is 109 cm³/mol. The minimum atomic E-state index is 0.114. The molecule has 0 bridgehead atoms. The van der Waals surface area contributed by atoms with Gasteiger partial charge in [0.25, 0.3) is 0 Å². The largest absolute Gasteiger partial charge is 0.507 e. The quantitative estimate of drug-likeness (QED) is 0.554. The third-order valence-electron chi connectivity index (χ3n) is 4.35. The number of allylic oxidation sites excluding steroid dienone is 2. The third kappa shape index (κ3) is 4.03. The molecule has 5 heteroatoms. The molecule has 138 valence electrons. The summed E-state index contributed by atoms with van der Waals surface area (Å²) in [4.78, 5) is 0. The molecule has 4 N–H and O–H groups in total. The second kappa shape index (κ2) is 7.83. The normalized spacial score (nSPS) is 10.7. The molecule has 0 fully saturated rings. The number of nitrogens with zero attached hydrogens (tertiary/aromatic N) is 2. The Hall–Kier alpha value is -3.47. The van der Waals surface area contributed by atoms with Crippen LogP contribution in [-0.2, 0) is 19.4 Å². The molecular formula is C22H23N3O2. The van der Waals surface area contributed by atoms with E-state index >= 15 is 0 Å². The van der Waals surface area contributed by atoms with Crippen molar-refractivity contribution >= 4 is 5.69 Å². The molecule has 0 radical (unpaired) electrons. The van der Waals surface area contributed by atoms with Crippen molar-refractivity contribution in [3.63, 3.8) is 0 Å². The second-order valence-electron chi connectivity index (χ2n) is 6.46. The Labute approximate surface area is 158 Å². The molecule has 2 aromatic carbocycles.